The Morgan fingerprint density at radius 3 is 2.83 bits per heavy atom. The number of carbonyl (C=O) groups excluding carboxylic acids is 1. The number of benzene rings is 1. The summed E-state index contributed by atoms with van der Waals surface area (Å²) in [5.74, 6) is -0.260. The van der Waals surface area contributed by atoms with Crippen molar-refractivity contribution in [3.8, 4) is 6.07 Å². The maximum Gasteiger partial charge on any atom is 0.257 e. The normalized spacial score (nSPS) is 10.2. The van der Waals surface area contributed by atoms with Crippen LogP contribution in [-0.4, -0.2) is 43.0 Å². The topological polar surface area (TPSA) is 81.1 Å². The Hall–Kier alpha value is -2.91. The maximum absolute atomic E-state index is 12.3. The van der Waals surface area contributed by atoms with E-state index in [0.29, 0.717) is 16.8 Å². The monoisotopic (exact) mass is 309 g/mol. The molecule has 0 aliphatic heterocycles. The number of carbonyl (C=O) groups is 1. The summed E-state index contributed by atoms with van der Waals surface area (Å²) < 4.78 is 0. The van der Waals surface area contributed by atoms with Crippen molar-refractivity contribution in [1.29, 1.82) is 5.26 Å². The first kappa shape index (κ1) is 16.5. The molecule has 0 unspecified atom stereocenters. The molecule has 1 heterocycles. The van der Waals surface area contributed by atoms with E-state index in [-0.39, 0.29) is 5.91 Å². The minimum atomic E-state index is -0.260. The van der Waals surface area contributed by atoms with Crippen LogP contribution in [0.3, 0.4) is 0 Å². The highest BCUT2D eigenvalue weighted by Crippen LogP contribution is 2.13. The summed E-state index contributed by atoms with van der Waals surface area (Å²) in [6.45, 7) is 1.65. The average molecular weight is 309 g/mol. The molecule has 0 fully saturated rings. The largest absolute Gasteiger partial charge is 0.382 e. The van der Waals surface area contributed by atoms with Gasteiger partial charge in [-0.15, -0.1) is 0 Å². The standard InChI is InChI=1S/C17H19N5O/c1-22(2)7-6-20-16-9-14(11-19-12-16)17(23)21-15-5-3-4-13(8-15)10-18/h3-5,8-9,11-12,20H,6-7H2,1-2H3,(H,21,23). The third kappa shape index (κ3) is 5.09. The predicted octanol–water partition coefficient (Wildman–Crippen LogP) is 2.18. The van der Waals surface area contributed by atoms with Gasteiger partial charge in [-0.05, 0) is 38.4 Å². The van der Waals surface area contributed by atoms with Crippen molar-refractivity contribution in [2.45, 2.75) is 0 Å². The molecule has 0 aliphatic carbocycles. The van der Waals surface area contributed by atoms with E-state index in [0.717, 1.165) is 18.8 Å². The van der Waals surface area contributed by atoms with Gasteiger partial charge in [-0.3, -0.25) is 9.78 Å². The van der Waals surface area contributed by atoms with E-state index in [1.807, 2.05) is 20.2 Å². The number of anilines is 2. The van der Waals surface area contributed by atoms with Crippen LogP contribution in [0, 0.1) is 11.3 Å². The fourth-order valence-electron chi connectivity index (χ4n) is 1.95. The molecule has 1 amide bonds. The predicted molar refractivity (Wildman–Crippen MR) is 90.4 cm³/mol. The Morgan fingerprint density at radius 2 is 2.09 bits per heavy atom. The van der Waals surface area contributed by atoms with E-state index in [4.69, 9.17) is 5.26 Å². The number of hydrogen-bond donors (Lipinski definition) is 2. The quantitative estimate of drug-likeness (QED) is 0.855. The van der Waals surface area contributed by atoms with Crippen LogP contribution in [0.5, 0.6) is 0 Å². The van der Waals surface area contributed by atoms with Gasteiger partial charge in [-0.1, -0.05) is 6.07 Å². The van der Waals surface area contributed by atoms with Gasteiger partial charge in [-0.25, -0.2) is 0 Å². The van der Waals surface area contributed by atoms with Gasteiger partial charge in [0.2, 0.25) is 0 Å². The lowest BCUT2D eigenvalue weighted by atomic mass is 10.2. The van der Waals surface area contributed by atoms with Gasteiger partial charge >= 0.3 is 0 Å². The van der Waals surface area contributed by atoms with Crippen molar-refractivity contribution < 1.29 is 4.79 Å². The molecule has 23 heavy (non-hydrogen) atoms. The van der Waals surface area contributed by atoms with Crippen LogP contribution in [0.25, 0.3) is 0 Å². The molecule has 0 spiro atoms. The van der Waals surface area contributed by atoms with Crippen molar-refractivity contribution in [1.82, 2.24) is 9.88 Å². The van der Waals surface area contributed by atoms with Gasteiger partial charge < -0.3 is 15.5 Å². The fourth-order valence-corrected chi connectivity index (χ4v) is 1.95. The Bertz CT molecular complexity index is 721. The SMILES string of the molecule is CN(C)CCNc1cncc(C(=O)Nc2cccc(C#N)c2)c1. The second-order valence-electron chi connectivity index (χ2n) is 5.34. The summed E-state index contributed by atoms with van der Waals surface area (Å²) in [6.07, 6.45) is 3.20. The van der Waals surface area contributed by atoms with Crippen LogP contribution >= 0.6 is 0 Å². The molecule has 0 saturated heterocycles. The lowest BCUT2D eigenvalue weighted by Gasteiger charge is -2.12. The molecular formula is C17H19N5O. The molecule has 2 rings (SSSR count). The summed E-state index contributed by atoms with van der Waals surface area (Å²) in [5.41, 5.74) is 2.34. The molecule has 6 nitrogen and oxygen atoms in total. The zero-order chi connectivity index (χ0) is 16.7. The number of nitrogens with one attached hydrogen (secondary N) is 2. The van der Waals surface area contributed by atoms with Gasteiger partial charge in [0.15, 0.2) is 0 Å². The Balaban J connectivity index is 2.03. The molecular weight excluding hydrogens is 290 g/mol. The Kier molecular flexibility index (Phi) is 5.67. The second-order valence-corrected chi connectivity index (χ2v) is 5.34. The second kappa shape index (κ2) is 7.92. The molecule has 118 valence electrons. The van der Waals surface area contributed by atoms with E-state index in [2.05, 4.69) is 20.5 Å². The lowest BCUT2D eigenvalue weighted by molar-refractivity contribution is 0.102. The highest BCUT2D eigenvalue weighted by atomic mass is 16.1. The van der Waals surface area contributed by atoms with Crippen molar-refractivity contribution in [2.24, 2.45) is 0 Å². The first-order valence-corrected chi connectivity index (χ1v) is 7.23. The number of aromatic nitrogens is 1. The van der Waals surface area contributed by atoms with Crippen molar-refractivity contribution >= 4 is 17.3 Å². The van der Waals surface area contributed by atoms with Crippen LogP contribution in [0.4, 0.5) is 11.4 Å². The Labute approximate surface area is 135 Å². The van der Waals surface area contributed by atoms with Crippen LogP contribution in [0.1, 0.15) is 15.9 Å². The van der Waals surface area contributed by atoms with Crippen LogP contribution in [0.2, 0.25) is 0 Å². The van der Waals surface area contributed by atoms with Crippen molar-refractivity contribution in [3.05, 3.63) is 53.9 Å². The number of rotatable bonds is 6. The lowest BCUT2D eigenvalue weighted by Crippen LogP contribution is -2.21. The Morgan fingerprint density at radius 1 is 1.26 bits per heavy atom. The maximum atomic E-state index is 12.3. The molecule has 0 saturated carbocycles. The minimum Gasteiger partial charge on any atom is -0.382 e. The van der Waals surface area contributed by atoms with E-state index < -0.39 is 0 Å². The van der Waals surface area contributed by atoms with Gasteiger partial charge in [0, 0.05) is 31.2 Å². The molecule has 1 aromatic carbocycles. The van der Waals surface area contributed by atoms with E-state index >= 15 is 0 Å². The van der Waals surface area contributed by atoms with Crippen molar-refractivity contribution in [2.75, 3.05) is 37.8 Å². The summed E-state index contributed by atoms with van der Waals surface area (Å²) in [7, 11) is 4.00. The van der Waals surface area contributed by atoms with E-state index in [1.165, 1.54) is 6.20 Å². The molecule has 2 N–H and O–H groups in total. The minimum absolute atomic E-state index is 0.260. The smallest absolute Gasteiger partial charge is 0.257 e. The summed E-state index contributed by atoms with van der Waals surface area (Å²) in [6, 6.07) is 10.6. The number of likely N-dealkylation sites (N-methyl/N-ethyl adjacent to an activating group) is 1. The summed E-state index contributed by atoms with van der Waals surface area (Å²) in [4.78, 5) is 18.4. The molecule has 0 atom stereocenters. The molecule has 2 aromatic rings. The summed E-state index contributed by atoms with van der Waals surface area (Å²) >= 11 is 0. The number of nitriles is 1. The molecule has 0 radical (unpaired) electrons. The van der Waals surface area contributed by atoms with Crippen LogP contribution in [0.15, 0.2) is 42.7 Å². The van der Waals surface area contributed by atoms with Gasteiger partial charge in [0.1, 0.15) is 0 Å². The van der Waals surface area contributed by atoms with E-state index in [9.17, 15) is 4.79 Å². The fraction of sp³-hybridized carbons (Fsp3) is 0.235. The summed E-state index contributed by atoms with van der Waals surface area (Å²) in [5, 5.41) is 14.9. The van der Waals surface area contributed by atoms with E-state index in [1.54, 1.807) is 36.5 Å². The van der Waals surface area contributed by atoms with Crippen LogP contribution in [-0.2, 0) is 0 Å². The van der Waals surface area contributed by atoms with Gasteiger partial charge in [0.05, 0.1) is 22.9 Å². The molecule has 6 heteroatoms. The number of hydrogen-bond acceptors (Lipinski definition) is 5. The highest BCUT2D eigenvalue weighted by Gasteiger charge is 2.08. The number of amides is 1. The van der Waals surface area contributed by atoms with Gasteiger partial charge in [-0.2, -0.15) is 5.26 Å². The molecule has 1 aromatic heterocycles. The average Bonchev–Trinajstić information content (AvgIpc) is 2.55. The zero-order valence-corrected chi connectivity index (χ0v) is 13.2. The third-order valence-corrected chi connectivity index (χ3v) is 3.14. The highest BCUT2D eigenvalue weighted by molar-refractivity contribution is 6.04. The first-order valence-electron chi connectivity index (χ1n) is 7.23. The van der Waals surface area contributed by atoms with Gasteiger partial charge in [0.25, 0.3) is 5.91 Å². The zero-order valence-electron chi connectivity index (χ0n) is 13.2. The third-order valence-electron chi connectivity index (χ3n) is 3.14. The van der Waals surface area contributed by atoms with Crippen molar-refractivity contribution in [3.63, 3.8) is 0 Å². The number of nitrogens with zero attached hydrogens (tertiary/aromatic N) is 3. The first-order chi connectivity index (χ1) is 11.1. The molecule has 0 bridgehead atoms. The van der Waals surface area contributed by atoms with Crippen LogP contribution < -0.4 is 10.6 Å². The number of pyridine rings is 1. The molecule has 0 aliphatic rings.